The number of rotatable bonds is 3. The fraction of sp³-hybridized carbons (Fsp3) is 0.682. The van der Waals surface area contributed by atoms with Gasteiger partial charge in [0.1, 0.15) is 11.2 Å². The summed E-state index contributed by atoms with van der Waals surface area (Å²) in [4.78, 5) is 27.2. The van der Waals surface area contributed by atoms with Gasteiger partial charge in [0.15, 0.2) is 0 Å². The molecule has 1 saturated heterocycles. The molecule has 1 aliphatic heterocycles. The fourth-order valence-corrected chi connectivity index (χ4v) is 4.87. The molecule has 4 rings (SSSR count). The summed E-state index contributed by atoms with van der Waals surface area (Å²) in [7, 11) is 0. The van der Waals surface area contributed by atoms with E-state index in [4.69, 9.17) is 4.74 Å². The molecular weight excluding hydrogens is 368 g/mol. The van der Waals surface area contributed by atoms with Gasteiger partial charge in [-0.1, -0.05) is 13.8 Å². The molecule has 1 saturated carbocycles. The summed E-state index contributed by atoms with van der Waals surface area (Å²) in [6, 6.07) is 2.23. The molecule has 7 heteroatoms. The van der Waals surface area contributed by atoms with E-state index in [9.17, 15) is 9.59 Å². The number of amides is 1. The number of carbonyl (C=O) groups excluding carboxylic acids is 1. The van der Waals surface area contributed by atoms with E-state index >= 15 is 0 Å². The van der Waals surface area contributed by atoms with E-state index in [1.54, 1.807) is 4.52 Å². The molecular formula is C22H32N4O3. The van der Waals surface area contributed by atoms with E-state index in [-0.39, 0.29) is 23.6 Å². The van der Waals surface area contributed by atoms with Crippen molar-refractivity contribution in [2.45, 2.75) is 78.5 Å². The lowest BCUT2D eigenvalue weighted by molar-refractivity contribution is 0.0156. The number of likely N-dealkylation sites (tertiary alicyclic amines) is 1. The minimum Gasteiger partial charge on any atom is -0.444 e. The van der Waals surface area contributed by atoms with Gasteiger partial charge in [-0.2, -0.15) is 9.61 Å². The first-order valence-corrected chi connectivity index (χ1v) is 10.6. The highest BCUT2D eigenvalue weighted by molar-refractivity contribution is 5.69. The molecule has 29 heavy (non-hydrogen) atoms. The third-order valence-corrected chi connectivity index (χ3v) is 6.21. The highest BCUT2D eigenvalue weighted by Gasteiger charge is 2.47. The van der Waals surface area contributed by atoms with Crippen molar-refractivity contribution >= 4 is 11.7 Å². The zero-order valence-electron chi connectivity index (χ0n) is 18.3. The zero-order chi connectivity index (χ0) is 21.1. The van der Waals surface area contributed by atoms with E-state index in [1.165, 1.54) is 0 Å². The van der Waals surface area contributed by atoms with Crippen molar-refractivity contribution in [3.05, 3.63) is 33.9 Å². The first-order chi connectivity index (χ1) is 13.5. The van der Waals surface area contributed by atoms with Gasteiger partial charge in [0, 0.05) is 37.0 Å². The molecule has 0 radical (unpaired) electrons. The fourth-order valence-electron chi connectivity index (χ4n) is 4.87. The van der Waals surface area contributed by atoms with Crippen LogP contribution in [-0.4, -0.2) is 43.4 Å². The summed E-state index contributed by atoms with van der Waals surface area (Å²) in [5.74, 6) is 1.10. The monoisotopic (exact) mass is 400 g/mol. The molecule has 2 fully saturated rings. The van der Waals surface area contributed by atoms with Crippen molar-refractivity contribution in [1.29, 1.82) is 0 Å². The molecule has 1 aliphatic carbocycles. The molecule has 7 nitrogen and oxygen atoms in total. The van der Waals surface area contributed by atoms with E-state index in [0.29, 0.717) is 11.8 Å². The number of aryl methyl sites for hydroxylation is 1. The SMILES string of the molecule is Cc1cc2n(C[C@H]3C[C@H]4C[C@@H]3CN4C(=O)OC(C)(C)C)cc(C(C)C)c(=O)n2n1. The summed E-state index contributed by atoms with van der Waals surface area (Å²) in [5, 5.41) is 4.42. The first-order valence-electron chi connectivity index (χ1n) is 10.6. The van der Waals surface area contributed by atoms with Gasteiger partial charge in [0.25, 0.3) is 5.56 Å². The van der Waals surface area contributed by atoms with Gasteiger partial charge < -0.3 is 14.2 Å². The Hall–Kier alpha value is -2.31. The number of piperidine rings is 1. The molecule has 0 unspecified atom stereocenters. The molecule has 158 valence electrons. The molecule has 1 amide bonds. The summed E-state index contributed by atoms with van der Waals surface area (Å²) in [6.45, 7) is 13.3. The lowest BCUT2D eigenvalue weighted by atomic mass is 9.94. The molecule has 2 aromatic heterocycles. The van der Waals surface area contributed by atoms with E-state index < -0.39 is 5.60 Å². The van der Waals surface area contributed by atoms with Gasteiger partial charge in [-0.3, -0.25) is 4.79 Å². The predicted octanol–water partition coefficient (Wildman–Crippen LogP) is 3.57. The summed E-state index contributed by atoms with van der Waals surface area (Å²) < 4.78 is 9.32. The average Bonchev–Trinajstić information content (AvgIpc) is 3.28. The number of aromatic nitrogens is 3. The van der Waals surface area contributed by atoms with Crippen LogP contribution in [0.25, 0.3) is 5.65 Å². The lowest BCUT2D eigenvalue weighted by Crippen LogP contribution is -2.43. The number of carbonyl (C=O) groups is 1. The van der Waals surface area contributed by atoms with E-state index in [2.05, 4.69) is 9.67 Å². The normalized spacial score (nSPS) is 24.1. The Morgan fingerprint density at radius 1 is 1.31 bits per heavy atom. The van der Waals surface area contributed by atoms with Crippen LogP contribution in [0.2, 0.25) is 0 Å². The maximum atomic E-state index is 12.8. The highest BCUT2D eigenvalue weighted by Crippen LogP contribution is 2.43. The Morgan fingerprint density at radius 2 is 2.03 bits per heavy atom. The molecule has 2 bridgehead atoms. The van der Waals surface area contributed by atoms with Gasteiger partial charge in [0.05, 0.1) is 5.69 Å². The Balaban J connectivity index is 1.55. The third-order valence-electron chi connectivity index (χ3n) is 6.21. The van der Waals surface area contributed by atoms with Gasteiger partial charge >= 0.3 is 6.09 Å². The maximum Gasteiger partial charge on any atom is 0.410 e. The quantitative estimate of drug-likeness (QED) is 0.790. The Kier molecular flexibility index (Phi) is 4.74. The van der Waals surface area contributed by atoms with Crippen LogP contribution in [0, 0.1) is 18.8 Å². The lowest BCUT2D eigenvalue weighted by Gasteiger charge is -2.33. The largest absolute Gasteiger partial charge is 0.444 e. The van der Waals surface area contributed by atoms with Crippen LogP contribution < -0.4 is 5.56 Å². The van der Waals surface area contributed by atoms with E-state index in [1.807, 2.05) is 58.7 Å². The zero-order valence-corrected chi connectivity index (χ0v) is 18.3. The number of ether oxygens (including phenoxy) is 1. The summed E-state index contributed by atoms with van der Waals surface area (Å²) in [5.41, 5.74) is 2.00. The smallest absolute Gasteiger partial charge is 0.410 e. The minimum absolute atomic E-state index is 0.0246. The van der Waals surface area contributed by atoms with Gasteiger partial charge in [-0.25, -0.2) is 4.79 Å². The van der Waals surface area contributed by atoms with Crippen molar-refractivity contribution in [3.8, 4) is 0 Å². The molecule has 0 aromatic carbocycles. The second kappa shape index (κ2) is 6.89. The molecule has 3 atom stereocenters. The van der Waals surface area contributed by atoms with Crippen molar-refractivity contribution in [1.82, 2.24) is 19.1 Å². The number of nitrogens with zero attached hydrogens (tertiary/aromatic N) is 4. The van der Waals surface area contributed by atoms with Crippen molar-refractivity contribution < 1.29 is 9.53 Å². The number of hydrogen-bond donors (Lipinski definition) is 0. The Bertz CT molecular complexity index is 998. The second-order valence-corrected chi connectivity index (χ2v) is 10.0. The topological polar surface area (TPSA) is 68.8 Å². The molecule has 3 heterocycles. The van der Waals surface area contributed by atoms with Gasteiger partial charge in [-0.15, -0.1) is 0 Å². The van der Waals surface area contributed by atoms with Gasteiger partial charge in [-0.05, 0) is 58.3 Å². The van der Waals surface area contributed by atoms with Crippen LogP contribution in [0.3, 0.4) is 0 Å². The molecule has 2 aliphatic rings. The van der Waals surface area contributed by atoms with Crippen LogP contribution >= 0.6 is 0 Å². The number of fused-ring (bicyclic) bond motifs is 3. The first kappa shape index (κ1) is 20.0. The van der Waals surface area contributed by atoms with Crippen molar-refractivity contribution in [3.63, 3.8) is 0 Å². The van der Waals surface area contributed by atoms with Crippen LogP contribution in [0.15, 0.2) is 17.1 Å². The summed E-state index contributed by atoms with van der Waals surface area (Å²) >= 11 is 0. The highest BCUT2D eigenvalue weighted by atomic mass is 16.6. The standard InChI is InChI=1S/C22H32N4O3/c1-13(2)18-12-24(19-7-14(3)23-26(19)20(18)27)10-15-8-17-9-16(15)11-25(17)21(28)29-22(4,5)6/h7,12-13,15-17H,8-11H2,1-6H3/t15-,16-,17+/m1/s1. The Morgan fingerprint density at radius 3 is 2.62 bits per heavy atom. The van der Waals surface area contributed by atoms with E-state index in [0.717, 1.165) is 42.8 Å². The maximum absolute atomic E-state index is 12.8. The van der Waals surface area contributed by atoms with Crippen molar-refractivity contribution in [2.24, 2.45) is 11.8 Å². The predicted molar refractivity (Wildman–Crippen MR) is 111 cm³/mol. The number of hydrogen-bond acceptors (Lipinski definition) is 4. The van der Waals surface area contributed by atoms with Crippen LogP contribution in [0.1, 0.15) is 64.6 Å². The molecule has 0 N–H and O–H groups in total. The van der Waals surface area contributed by atoms with Crippen LogP contribution in [-0.2, 0) is 11.3 Å². The third kappa shape index (κ3) is 3.67. The van der Waals surface area contributed by atoms with Crippen molar-refractivity contribution in [2.75, 3.05) is 6.54 Å². The molecule has 0 spiro atoms. The van der Waals surface area contributed by atoms with Crippen LogP contribution in [0.5, 0.6) is 0 Å². The minimum atomic E-state index is -0.465. The van der Waals surface area contributed by atoms with Gasteiger partial charge in [0.2, 0.25) is 0 Å². The second-order valence-electron chi connectivity index (χ2n) is 10.0. The Labute approximate surface area is 171 Å². The molecule has 2 aromatic rings. The average molecular weight is 401 g/mol. The summed E-state index contributed by atoms with van der Waals surface area (Å²) in [6.07, 6.45) is 3.84. The van der Waals surface area contributed by atoms with Crippen LogP contribution in [0.4, 0.5) is 4.79 Å².